The van der Waals surface area contributed by atoms with Gasteiger partial charge in [-0.3, -0.25) is 14.4 Å². The smallest absolute Gasteiger partial charge is 0.224 e. The molecule has 2 heterocycles. The standard InChI is InChI=1S/C15H26N4O2/c1-12-14(13(2)18(3)17-12)11-15(20)16-5-4-6-19-7-9-21-10-8-19/h4-11H2,1-3H3,(H,16,20). The first-order chi connectivity index (χ1) is 10.1. The van der Waals surface area contributed by atoms with E-state index in [0.717, 1.165) is 62.8 Å². The summed E-state index contributed by atoms with van der Waals surface area (Å²) in [5.74, 6) is 0.0798. The number of morpholine rings is 1. The van der Waals surface area contributed by atoms with Gasteiger partial charge in [-0.05, 0) is 26.8 Å². The number of rotatable bonds is 6. The molecule has 118 valence electrons. The Balaban J connectivity index is 1.67. The number of nitrogens with one attached hydrogen (secondary N) is 1. The number of hydrogen-bond acceptors (Lipinski definition) is 4. The van der Waals surface area contributed by atoms with Crippen molar-refractivity contribution in [3.8, 4) is 0 Å². The van der Waals surface area contributed by atoms with Gasteiger partial charge in [0.25, 0.3) is 0 Å². The van der Waals surface area contributed by atoms with E-state index in [9.17, 15) is 4.79 Å². The van der Waals surface area contributed by atoms with Gasteiger partial charge in [0.15, 0.2) is 0 Å². The van der Waals surface area contributed by atoms with Crippen molar-refractivity contribution in [1.82, 2.24) is 20.0 Å². The van der Waals surface area contributed by atoms with Gasteiger partial charge < -0.3 is 10.1 Å². The number of carbonyl (C=O) groups is 1. The quantitative estimate of drug-likeness (QED) is 0.773. The van der Waals surface area contributed by atoms with Crippen molar-refractivity contribution in [1.29, 1.82) is 0 Å². The fourth-order valence-corrected chi connectivity index (χ4v) is 2.65. The topological polar surface area (TPSA) is 59.4 Å². The van der Waals surface area contributed by atoms with E-state index in [4.69, 9.17) is 4.74 Å². The van der Waals surface area contributed by atoms with Crippen LogP contribution in [0.5, 0.6) is 0 Å². The van der Waals surface area contributed by atoms with Crippen molar-refractivity contribution in [2.45, 2.75) is 26.7 Å². The molecule has 1 amide bonds. The van der Waals surface area contributed by atoms with Crippen molar-refractivity contribution in [3.63, 3.8) is 0 Å². The average Bonchev–Trinajstić information content (AvgIpc) is 2.71. The van der Waals surface area contributed by atoms with E-state index in [2.05, 4.69) is 15.3 Å². The van der Waals surface area contributed by atoms with Crippen LogP contribution in [0.1, 0.15) is 23.4 Å². The Bertz CT molecular complexity index is 478. The maximum atomic E-state index is 12.0. The predicted molar refractivity (Wildman–Crippen MR) is 81.3 cm³/mol. The van der Waals surface area contributed by atoms with Crippen LogP contribution in [-0.4, -0.2) is 60.0 Å². The molecule has 1 aliphatic rings. The normalized spacial score (nSPS) is 16.1. The lowest BCUT2D eigenvalue weighted by atomic mass is 10.1. The van der Waals surface area contributed by atoms with E-state index in [1.54, 1.807) is 0 Å². The first-order valence-electron chi connectivity index (χ1n) is 7.64. The summed E-state index contributed by atoms with van der Waals surface area (Å²) in [5, 5.41) is 7.34. The molecule has 0 unspecified atom stereocenters. The van der Waals surface area contributed by atoms with E-state index in [1.807, 2.05) is 25.6 Å². The average molecular weight is 294 g/mol. The number of aryl methyl sites for hydroxylation is 2. The van der Waals surface area contributed by atoms with Crippen molar-refractivity contribution in [2.75, 3.05) is 39.4 Å². The van der Waals surface area contributed by atoms with Gasteiger partial charge in [0.05, 0.1) is 25.3 Å². The third-order valence-electron chi connectivity index (χ3n) is 4.07. The summed E-state index contributed by atoms with van der Waals surface area (Å²) < 4.78 is 7.15. The molecule has 0 saturated carbocycles. The highest BCUT2D eigenvalue weighted by atomic mass is 16.5. The summed E-state index contributed by atoms with van der Waals surface area (Å²) in [4.78, 5) is 14.4. The number of amides is 1. The van der Waals surface area contributed by atoms with Gasteiger partial charge in [0.2, 0.25) is 5.91 Å². The highest BCUT2D eigenvalue weighted by molar-refractivity contribution is 5.79. The molecule has 1 N–H and O–H groups in total. The molecule has 0 bridgehead atoms. The lowest BCUT2D eigenvalue weighted by molar-refractivity contribution is -0.120. The van der Waals surface area contributed by atoms with Gasteiger partial charge >= 0.3 is 0 Å². The molecule has 1 saturated heterocycles. The van der Waals surface area contributed by atoms with Crippen LogP contribution in [0.4, 0.5) is 0 Å². The first kappa shape index (κ1) is 16.0. The molecule has 6 heteroatoms. The Morgan fingerprint density at radius 1 is 1.33 bits per heavy atom. The van der Waals surface area contributed by atoms with Gasteiger partial charge in [-0.15, -0.1) is 0 Å². The summed E-state index contributed by atoms with van der Waals surface area (Å²) in [6.07, 6.45) is 1.40. The van der Waals surface area contributed by atoms with Gasteiger partial charge in [-0.2, -0.15) is 5.10 Å². The molecule has 1 aromatic rings. The third kappa shape index (κ3) is 4.54. The van der Waals surface area contributed by atoms with Crippen LogP contribution in [0, 0.1) is 13.8 Å². The minimum Gasteiger partial charge on any atom is -0.379 e. The first-order valence-corrected chi connectivity index (χ1v) is 7.64. The molecule has 0 aromatic carbocycles. The molecule has 1 aromatic heterocycles. The minimum absolute atomic E-state index is 0.0798. The Kier molecular flexibility index (Phi) is 5.76. The van der Waals surface area contributed by atoms with Gasteiger partial charge in [0.1, 0.15) is 0 Å². The van der Waals surface area contributed by atoms with Crippen molar-refractivity contribution in [3.05, 3.63) is 17.0 Å². The number of carbonyl (C=O) groups excluding carboxylic acids is 1. The second kappa shape index (κ2) is 7.56. The van der Waals surface area contributed by atoms with Crippen molar-refractivity contribution >= 4 is 5.91 Å². The van der Waals surface area contributed by atoms with Crippen LogP contribution in [0.25, 0.3) is 0 Å². The van der Waals surface area contributed by atoms with Crippen LogP contribution in [0.2, 0.25) is 0 Å². The fourth-order valence-electron chi connectivity index (χ4n) is 2.65. The van der Waals surface area contributed by atoms with Gasteiger partial charge in [0, 0.05) is 37.9 Å². The molecule has 0 spiro atoms. The summed E-state index contributed by atoms with van der Waals surface area (Å²) >= 11 is 0. The predicted octanol–water partition coefficient (Wildman–Crippen LogP) is 0.418. The van der Waals surface area contributed by atoms with E-state index < -0.39 is 0 Å². The fraction of sp³-hybridized carbons (Fsp3) is 0.733. The Labute approximate surface area is 126 Å². The maximum Gasteiger partial charge on any atom is 0.224 e. The molecule has 1 aliphatic heterocycles. The molecule has 0 radical (unpaired) electrons. The van der Waals surface area contributed by atoms with Crippen LogP contribution in [0.15, 0.2) is 0 Å². The molecular formula is C15H26N4O2. The lowest BCUT2D eigenvalue weighted by Gasteiger charge is -2.26. The number of ether oxygens (including phenoxy) is 1. The van der Waals surface area contributed by atoms with E-state index >= 15 is 0 Å². The minimum atomic E-state index is 0.0798. The van der Waals surface area contributed by atoms with Gasteiger partial charge in [-0.25, -0.2) is 0 Å². The molecule has 2 rings (SSSR count). The maximum absolute atomic E-state index is 12.0. The number of nitrogens with zero attached hydrogens (tertiary/aromatic N) is 3. The third-order valence-corrected chi connectivity index (χ3v) is 4.07. The number of aromatic nitrogens is 2. The largest absolute Gasteiger partial charge is 0.379 e. The van der Waals surface area contributed by atoms with Crippen LogP contribution >= 0.6 is 0 Å². The zero-order valence-electron chi connectivity index (χ0n) is 13.3. The van der Waals surface area contributed by atoms with Crippen molar-refractivity contribution < 1.29 is 9.53 Å². The summed E-state index contributed by atoms with van der Waals surface area (Å²) in [6.45, 7) is 9.36. The molecule has 1 fully saturated rings. The van der Waals surface area contributed by atoms with E-state index in [0.29, 0.717) is 6.42 Å². The van der Waals surface area contributed by atoms with E-state index in [-0.39, 0.29) is 5.91 Å². The molecular weight excluding hydrogens is 268 g/mol. The van der Waals surface area contributed by atoms with Crippen molar-refractivity contribution in [2.24, 2.45) is 7.05 Å². The Hall–Kier alpha value is -1.40. The second-order valence-electron chi connectivity index (χ2n) is 5.61. The highest BCUT2D eigenvalue weighted by Crippen LogP contribution is 2.12. The lowest BCUT2D eigenvalue weighted by Crippen LogP contribution is -2.38. The summed E-state index contributed by atoms with van der Waals surface area (Å²) in [5.41, 5.74) is 3.05. The monoisotopic (exact) mass is 294 g/mol. The van der Waals surface area contributed by atoms with Crippen LogP contribution in [0.3, 0.4) is 0 Å². The van der Waals surface area contributed by atoms with Crippen LogP contribution < -0.4 is 5.32 Å². The number of hydrogen-bond donors (Lipinski definition) is 1. The zero-order chi connectivity index (χ0) is 15.2. The van der Waals surface area contributed by atoms with E-state index in [1.165, 1.54) is 0 Å². The highest BCUT2D eigenvalue weighted by Gasteiger charge is 2.13. The Morgan fingerprint density at radius 2 is 2.05 bits per heavy atom. The Morgan fingerprint density at radius 3 is 2.67 bits per heavy atom. The molecule has 21 heavy (non-hydrogen) atoms. The van der Waals surface area contributed by atoms with Gasteiger partial charge in [-0.1, -0.05) is 0 Å². The summed E-state index contributed by atoms with van der Waals surface area (Å²) in [6, 6.07) is 0. The SMILES string of the molecule is Cc1nn(C)c(C)c1CC(=O)NCCCN1CCOCC1. The van der Waals surface area contributed by atoms with Crippen LogP contribution in [-0.2, 0) is 23.0 Å². The summed E-state index contributed by atoms with van der Waals surface area (Å²) in [7, 11) is 1.91. The zero-order valence-corrected chi connectivity index (χ0v) is 13.3. The molecule has 0 atom stereocenters. The molecule has 0 aliphatic carbocycles. The molecule has 6 nitrogen and oxygen atoms in total. The second-order valence-corrected chi connectivity index (χ2v) is 5.61.